The van der Waals surface area contributed by atoms with Crippen LogP contribution < -0.4 is 20.7 Å². The molecule has 3 rings (SSSR count). The topological polar surface area (TPSA) is 136 Å². The average Bonchev–Trinajstić information content (AvgIpc) is 3.38. The van der Waals surface area contributed by atoms with Gasteiger partial charge in [0.1, 0.15) is 23.5 Å². The van der Waals surface area contributed by atoms with Gasteiger partial charge >= 0.3 is 6.36 Å². The van der Waals surface area contributed by atoms with E-state index in [1.807, 2.05) is 19.9 Å². The maximum absolute atomic E-state index is 12.9. The molecule has 4 N–H and O–H groups in total. The number of amides is 3. The largest absolute Gasteiger partial charge is 0.573 e. The molecule has 3 unspecified atom stereocenters. The lowest BCUT2D eigenvalue weighted by atomic mass is 9.98. The number of nitrogens with zero attached hydrogens (tertiary/aromatic N) is 1. The Bertz CT molecular complexity index is 1140. The van der Waals surface area contributed by atoms with Crippen LogP contribution in [0.15, 0.2) is 24.3 Å². The monoisotopic (exact) mass is 493 g/mol. The zero-order chi connectivity index (χ0) is 25.8. The summed E-state index contributed by atoms with van der Waals surface area (Å²) in [5, 5.41) is 17.4. The molecule has 1 aromatic carbocycles. The first-order chi connectivity index (χ1) is 16.5. The number of ether oxygens (including phenoxy) is 1. The fourth-order valence-corrected chi connectivity index (χ4v) is 3.97. The summed E-state index contributed by atoms with van der Waals surface area (Å²) in [5.74, 6) is -2.30. The average molecular weight is 493 g/mol. The molecule has 2 aromatic rings. The number of hydrogen-bond donors (Lipinski definition) is 4. The number of carbonyl (C=O) groups is 3. The number of aromatic nitrogens is 1. The molecule has 0 radical (unpaired) electrons. The third kappa shape index (κ3) is 6.88. The van der Waals surface area contributed by atoms with Gasteiger partial charge in [-0.2, -0.15) is 5.26 Å². The molecule has 0 saturated carbocycles. The van der Waals surface area contributed by atoms with Crippen molar-refractivity contribution < 1.29 is 32.3 Å². The number of alkyl halides is 3. The van der Waals surface area contributed by atoms with Gasteiger partial charge in [0.15, 0.2) is 0 Å². The molecular weight excluding hydrogens is 467 g/mol. The van der Waals surface area contributed by atoms with E-state index >= 15 is 0 Å². The Hall–Kier alpha value is -3.75. The summed E-state index contributed by atoms with van der Waals surface area (Å²) >= 11 is 0. The lowest BCUT2D eigenvalue weighted by Crippen LogP contribution is -2.50. The highest BCUT2D eigenvalue weighted by molar-refractivity contribution is 6.01. The summed E-state index contributed by atoms with van der Waals surface area (Å²) in [7, 11) is 0. The summed E-state index contributed by atoms with van der Waals surface area (Å²) in [6.45, 7) is 4.21. The second-order valence-electron chi connectivity index (χ2n) is 8.81. The molecular formula is C23H26F3N5O4. The third-order valence-corrected chi connectivity index (χ3v) is 5.58. The van der Waals surface area contributed by atoms with E-state index in [1.165, 1.54) is 18.2 Å². The molecule has 1 fully saturated rings. The number of benzene rings is 1. The van der Waals surface area contributed by atoms with Crippen molar-refractivity contribution in [1.29, 1.82) is 5.26 Å². The van der Waals surface area contributed by atoms with Crippen LogP contribution in [0, 0.1) is 23.2 Å². The van der Waals surface area contributed by atoms with E-state index in [0.29, 0.717) is 13.0 Å². The van der Waals surface area contributed by atoms with Crippen molar-refractivity contribution in [3.05, 3.63) is 30.0 Å². The predicted molar refractivity (Wildman–Crippen MR) is 119 cm³/mol. The van der Waals surface area contributed by atoms with Crippen molar-refractivity contribution >= 4 is 28.6 Å². The van der Waals surface area contributed by atoms with Crippen LogP contribution in [0.5, 0.6) is 5.75 Å². The minimum Gasteiger partial charge on any atom is -0.405 e. The van der Waals surface area contributed by atoms with E-state index in [-0.39, 0.29) is 47.2 Å². The molecule has 3 atom stereocenters. The Kier molecular flexibility index (Phi) is 7.89. The van der Waals surface area contributed by atoms with Gasteiger partial charge in [-0.1, -0.05) is 19.9 Å². The van der Waals surface area contributed by atoms with E-state index in [2.05, 4.69) is 25.7 Å². The van der Waals surface area contributed by atoms with Gasteiger partial charge in [-0.15, -0.1) is 13.2 Å². The van der Waals surface area contributed by atoms with Crippen LogP contribution in [-0.2, 0) is 9.59 Å². The maximum Gasteiger partial charge on any atom is 0.573 e. The Labute approximate surface area is 199 Å². The number of nitriles is 1. The number of nitrogens with one attached hydrogen (secondary N) is 4. The van der Waals surface area contributed by atoms with E-state index < -0.39 is 36.0 Å². The standard InChI is InChI=1S/C23H26F3N5O4/c1-12(2)8-17(21(33)29-14(11-27)9-13-6-7-28-20(13)32)31-22(34)18-10-15-16(30-18)4-3-5-19(15)35-23(24,25)26/h3-5,10,12-14,17,30H,6-9H2,1-2H3,(H,28,32)(H,29,33)(H,31,34). The van der Waals surface area contributed by atoms with Gasteiger partial charge < -0.3 is 25.7 Å². The lowest BCUT2D eigenvalue weighted by Gasteiger charge is -2.22. The summed E-state index contributed by atoms with van der Waals surface area (Å²) in [6, 6.07) is 5.24. The number of aromatic amines is 1. The normalized spacial score (nSPS) is 17.5. The second-order valence-corrected chi connectivity index (χ2v) is 8.81. The minimum atomic E-state index is -4.90. The zero-order valence-corrected chi connectivity index (χ0v) is 19.2. The number of H-pyrrole nitrogens is 1. The highest BCUT2D eigenvalue weighted by Gasteiger charge is 2.33. The van der Waals surface area contributed by atoms with E-state index in [1.54, 1.807) is 0 Å². The van der Waals surface area contributed by atoms with Crippen LogP contribution >= 0.6 is 0 Å². The van der Waals surface area contributed by atoms with Gasteiger partial charge in [-0.25, -0.2) is 0 Å². The Morgan fingerprint density at radius 1 is 1.29 bits per heavy atom. The van der Waals surface area contributed by atoms with Crippen LogP contribution in [0.25, 0.3) is 10.9 Å². The van der Waals surface area contributed by atoms with Crippen LogP contribution in [0.2, 0.25) is 0 Å². The second kappa shape index (κ2) is 10.7. The Morgan fingerprint density at radius 2 is 2.03 bits per heavy atom. The van der Waals surface area contributed by atoms with Crippen molar-refractivity contribution in [3.63, 3.8) is 0 Å². The highest BCUT2D eigenvalue weighted by Crippen LogP contribution is 2.31. The first-order valence-corrected chi connectivity index (χ1v) is 11.1. The minimum absolute atomic E-state index is 0.00157. The summed E-state index contributed by atoms with van der Waals surface area (Å²) < 4.78 is 42.1. The van der Waals surface area contributed by atoms with E-state index in [4.69, 9.17) is 0 Å². The molecule has 35 heavy (non-hydrogen) atoms. The molecule has 1 aliphatic heterocycles. The first-order valence-electron chi connectivity index (χ1n) is 11.1. The fraction of sp³-hybridized carbons (Fsp3) is 0.478. The molecule has 2 heterocycles. The van der Waals surface area contributed by atoms with E-state index in [9.17, 15) is 32.8 Å². The highest BCUT2D eigenvalue weighted by atomic mass is 19.4. The van der Waals surface area contributed by atoms with Gasteiger partial charge in [0.2, 0.25) is 11.8 Å². The fourth-order valence-electron chi connectivity index (χ4n) is 3.97. The molecule has 0 aliphatic carbocycles. The van der Waals surface area contributed by atoms with Gasteiger partial charge in [-0.3, -0.25) is 14.4 Å². The molecule has 1 aliphatic rings. The third-order valence-electron chi connectivity index (χ3n) is 5.58. The molecule has 0 spiro atoms. The van der Waals surface area contributed by atoms with E-state index in [0.717, 1.165) is 6.07 Å². The van der Waals surface area contributed by atoms with Crippen LogP contribution in [0.4, 0.5) is 13.2 Å². The van der Waals surface area contributed by atoms with Gasteiger partial charge in [0.05, 0.1) is 6.07 Å². The molecule has 188 valence electrons. The number of rotatable bonds is 9. The van der Waals surface area contributed by atoms with Gasteiger partial charge in [-0.05, 0) is 43.4 Å². The molecule has 0 bridgehead atoms. The Morgan fingerprint density at radius 3 is 2.63 bits per heavy atom. The van der Waals surface area contributed by atoms with Gasteiger partial charge in [0.25, 0.3) is 5.91 Å². The molecule has 9 nitrogen and oxygen atoms in total. The first kappa shape index (κ1) is 25.9. The summed E-state index contributed by atoms with van der Waals surface area (Å²) in [5.41, 5.74) is 0.195. The summed E-state index contributed by atoms with van der Waals surface area (Å²) in [4.78, 5) is 40.3. The number of fused-ring (bicyclic) bond motifs is 1. The van der Waals surface area contributed by atoms with Crippen molar-refractivity contribution in [2.75, 3.05) is 6.54 Å². The number of carbonyl (C=O) groups excluding carboxylic acids is 3. The van der Waals surface area contributed by atoms with Crippen LogP contribution in [0.1, 0.15) is 43.6 Å². The summed E-state index contributed by atoms with van der Waals surface area (Å²) in [6.07, 6.45) is -3.92. The molecule has 1 aromatic heterocycles. The Balaban J connectivity index is 1.74. The van der Waals surface area contributed by atoms with Crippen molar-refractivity contribution in [1.82, 2.24) is 20.9 Å². The molecule has 3 amide bonds. The zero-order valence-electron chi connectivity index (χ0n) is 19.2. The smallest absolute Gasteiger partial charge is 0.405 e. The van der Waals surface area contributed by atoms with Crippen molar-refractivity contribution in [3.8, 4) is 11.8 Å². The predicted octanol–water partition coefficient (Wildman–Crippen LogP) is 2.75. The maximum atomic E-state index is 12.9. The SMILES string of the molecule is CC(C)CC(NC(=O)c1cc2c(OC(F)(F)F)cccc2[nH]1)C(=O)NC(C#N)CC1CCNC1=O. The number of hydrogen-bond acceptors (Lipinski definition) is 5. The quantitative estimate of drug-likeness (QED) is 0.426. The molecule has 1 saturated heterocycles. The van der Waals surface area contributed by atoms with Crippen molar-refractivity contribution in [2.24, 2.45) is 11.8 Å². The lowest BCUT2D eigenvalue weighted by molar-refractivity contribution is -0.274. The van der Waals surface area contributed by atoms with Crippen molar-refractivity contribution in [2.45, 2.75) is 51.6 Å². The van der Waals surface area contributed by atoms with Gasteiger partial charge in [0, 0.05) is 23.4 Å². The molecule has 12 heteroatoms. The number of halogens is 3. The van der Waals surface area contributed by atoms with Crippen LogP contribution in [-0.4, -0.2) is 47.7 Å². The van der Waals surface area contributed by atoms with Crippen LogP contribution in [0.3, 0.4) is 0 Å².